The summed E-state index contributed by atoms with van der Waals surface area (Å²) in [6.45, 7) is 2.02. The predicted molar refractivity (Wildman–Crippen MR) is 112 cm³/mol. The third-order valence-corrected chi connectivity index (χ3v) is 6.57. The fraction of sp³-hybridized carbons (Fsp3) is 0.650. The lowest BCUT2D eigenvalue weighted by molar-refractivity contribution is -0.0512. The van der Waals surface area contributed by atoms with Crippen molar-refractivity contribution in [1.82, 2.24) is 10.6 Å². The SMILES string of the molecule is CCNC(=NCc1ccc(OC)c(OC(F)F)c1)NC1CCCC(S(=O)CC)C1. The van der Waals surface area contributed by atoms with Gasteiger partial charge in [-0.1, -0.05) is 19.4 Å². The number of halogens is 2. The van der Waals surface area contributed by atoms with Crippen LogP contribution in [0.3, 0.4) is 0 Å². The van der Waals surface area contributed by atoms with Gasteiger partial charge in [-0.3, -0.25) is 4.21 Å². The van der Waals surface area contributed by atoms with Crippen LogP contribution in [-0.4, -0.2) is 47.5 Å². The number of methoxy groups -OCH3 is 1. The first-order valence-corrected chi connectivity index (χ1v) is 11.4. The molecule has 0 saturated heterocycles. The van der Waals surface area contributed by atoms with Crippen molar-refractivity contribution < 1.29 is 22.5 Å². The van der Waals surface area contributed by atoms with E-state index >= 15 is 0 Å². The smallest absolute Gasteiger partial charge is 0.387 e. The van der Waals surface area contributed by atoms with Crippen molar-refractivity contribution in [1.29, 1.82) is 0 Å². The molecule has 1 fully saturated rings. The zero-order chi connectivity index (χ0) is 21.2. The van der Waals surface area contributed by atoms with Gasteiger partial charge < -0.3 is 20.1 Å². The monoisotopic (exact) mass is 431 g/mol. The second-order valence-electron chi connectivity index (χ2n) is 6.86. The van der Waals surface area contributed by atoms with E-state index in [9.17, 15) is 13.0 Å². The quantitative estimate of drug-likeness (QED) is 0.463. The number of hydrogen-bond acceptors (Lipinski definition) is 4. The van der Waals surface area contributed by atoms with Crippen molar-refractivity contribution in [3.05, 3.63) is 23.8 Å². The van der Waals surface area contributed by atoms with Crippen LogP contribution in [0.5, 0.6) is 11.5 Å². The van der Waals surface area contributed by atoms with Crippen LogP contribution in [0.15, 0.2) is 23.2 Å². The Labute approximate surface area is 173 Å². The number of rotatable bonds is 9. The van der Waals surface area contributed by atoms with Crippen molar-refractivity contribution in [3.63, 3.8) is 0 Å². The van der Waals surface area contributed by atoms with Crippen molar-refractivity contribution in [3.8, 4) is 11.5 Å². The Morgan fingerprint density at radius 3 is 2.76 bits per heavy atom. The Hall–Kier alpha value is -1.90. The van der Waals surface area contributed by atoms with Gasteiger partial charge in [0.15, 0.2) is 17.5 Å². The maximum Gasteiger partial charge on any atom is 0.387 e. The lowest BCUT2D eigenvalue weighted by Crippen LogP contribution is -2.46. The standard InChI is InChI=1S/C20H31F2N3O3S/c1-4-23-20(25-15-7-6-8-16(12-15)29(26)5-2)24-13-14-9-10-17(27-3)18(11-14)28-19(21)22/h9-11,15-16,19H,4-8,12-13H2,1-3H3,(H2,23,24,25). The van der Waals surface area contributed by atoms with E-state index < -0.39 is 17.4 Å². The molecule has 0 spiro atoms. The summed E-state index contributed by atoms with van der Waals surface area (Å²) < 4.78 is 47.0. The van der Waals surface area contributed by atoms with Gasteiger partial charge in [-0.25, -0.2) is 4.99 Å². The Balaban J connectivity index is 2.06. The Morgan fingerprint density at radius 1 is 1.31 bits per heavy atom. The summed E-state index contributed by atoms with van der Waals surface area (Å²) in [7, 11) is 0.620. The van der Waals surface area contributed by atoms with Crippen molar-refractivity contribution in [2.75, 3.05) is 19.4 Å². The molecular weight excluding hydrogens is 400 g/mol. The molecule has 0 heterocycles. The Kier molecular flexibility index (Phi) is 9.63. The van der Waals surface area contributed by atoms with E-state index in [2.05, 4.69) is 20.4 Å². The molecule has 0 amide bonds. The lowest BCUT2D eigenvalue weighted by Gasteiger charge is -2.30. The molecule has 2 N–H and O–H groups in total. The van der Waals surface area contributed by atoms with E-state index in [-0.39, 0.29) is 22.8 Å². The highest BCUT2D eigenvalue weighted by Gasteiger charge is 2.26. The highest BCUT2D eigenvalue weighted by atomic mass is 32.2. The molecule has 3 atom stereocenters. The van der Waals surface area contributed by atoms with Gasteiger partial charge in [0.1, 0.15) is 0 Å². The van der Waals surface area contributed by atoms with Crippen LogP contribution in [0.2, 0.25) is 0 Å². The third-order valence-electron chi connectivity index (χ3n) is 4.83. The highest BCUT2D eigenvalue weighted by molar-refractivity contribution is 7.85. The molecule has 0 aliphatic heterocycles. The summed E-state index contributed by atoms with van der Waals surface area (Å²) in [6, 6.07) is 5.09. The van der Waals surface area contributed by atoms with E-state index in [4.69, 9.17) is 4.74 Å². The average Bonchev–Trinajstić information content (AvgIpc) is 2.71. The molecule has 164 valence electrons. The van der Waals surface area contributed by atoms with Crippen molar-refractivity contribution in [2.45, 2.75) is 64.0 Å². The molecule has 1 aromatic rings. The van der Waals surface area contributed by atoms with Crippen molar-refractivity contribution >= 4 is 16.8 Å². The van der Waals surface area contributed by atoms with Crippen LogP contribution in [0.1, 0.15) is 45.1 Å². The van der Waals surface area contributed by atoms with E-state index in [0.717, 1.165) is 31.2 Å². The minimum absolute atomic E-state index is 0.00896. The largest absolute Gasteiger partial charge is 0.493 e. The zero-order valence-corrected chi connectivity index (χ0v) is 18.1. The van der Waals surface area contributed by atoms with E-state index in [1.807, 2.05) is 13.8 Å². The van der Waals surface area contributed by atoms with Gasteiger partial charge in [-0.05, 0) is 43.9 Å². The summed E-state index contributed by atoms with van der Waals surface area (Å²) in [6.07, 6.45) is 3.92. The molecule has 6 nitrogen and oxygen atoms in total. The number of ether oxygens (including phenoxy) is 2. The molecule has 3 unspecified atom stereocenters. The van der Waals surface area contributed by atoms with Crippen molar-refractivity contribution in [2.24, 2.45) is 4.99 Å². The van der Waals surface area contributed by atoms with E-state index in [1.165, 1.54) is 13.2 Å². The molecular formula is C20H31F2N3O3S. The van der Waals surface area contributed by atoms with Gasteiger partial charge >= 0.3 is 6.61 Å². The fourth-order valence-electron chi connectivity index (χ4n) is 3.44. The van der Waals surface area contributed by atoms with E-state index in [1.54, 1.807) is 12.1 Å². The van der Waals surface area contributed by atoms with Gasteiger partial charge in [0.2, 0.25) is 0 Å². The summed E-state index contributed by atoms with van der Waals surface area (Å²) >= 11 is 0. The minimum Gasteiger partial charge on any atom is -0.493 e. The maximum absolute atomic E-state index is 12.6. The Bertz CT molecular complexity index is 704. The summed E-state index contributed by atoms with van der Waals surface area (Å²) in [5.74, 6) is 1.59. The minimum atomic E-state index is -2.92. The molecule has 1 aromatic carbocycles. The Morgan fingerprint density at radius 2 is 2.10 bits per heavy atom. The van der Waals surface area contributed by atoms with E-state index in [0.29, 0.717) is 24.8 Å². The summed E-state index contributed by atoms with van der Waals surface area (Å²) in [4.78, 5) is 4.58. The first kappa shape index (κ1) is 23.4. The van der Waals surface area contributed by atoms with Gasteiger partial charge in [0.25, 0.3) is 0 Å². The topological polar surface area (TPSA) is 72.0 Å². The maximum atomic E-state index is 12.6. The second kappa shape index (κ2) is 11.9. The van der Waals surface area contributed by atoms with Crippen LogP contribution in [0.25, 0.3) is 0 Å². The van der Waals surface area contributed by atoms with Crippen LogP contribution >= 0.6 is 0 Å². The van der Waals surface area contributed by atoms with Crippen LogP contribution in [-0.2, 0) is 17.3 Å². The molecule has 1 aliphatic carbocycles. The summed E-state index contributed by atoms with van der Waals surface area (Å²) in [5, 5.41) is 6.88. The lowest BCUT2D eigenvalue weighted by atomic mass is 9.95. The number of nitrogens with one attached hydrogen (secondary N) is 2. The first-order valence-electron chi connectivity index (χ1n) is 10.0. The number of nitrogens with zero attached hydrogens (tertiary/aromatic N) is 1. The third kappa shape index (κ3) is 7.45. The molecule has 0 bridgehead atoms. The molecule has 2 rings (SSSR count). The van der Waals surface area contributed by atoms with Crippen LogP contribution in [0, 0.1) is 0 Å². The summed E-state index contributed by atoms with van der Waals surface area (Å²) in [5.41, 5.74) is 0.729. The molecule has 9 heteroatoms. The van der Waals surface area contributed by atoms with Gasteiger partial charge in [0.05, 0.1) is 13.7 Å². The predicted octanol–water partition coefficient (Wildman–Crippen LogP) is 3.43. The zero-order valence-electron chi connectivity index (χ0n) is 17.2. The fourth-order valence-corrected chi connectivity index (χ4v) is 4.79. The number of alkyl halides is 2. The van der Waals surface area contributed by atoms with Crippen LogP contribution in [0.4, 0.5) is 8.78 Å². The van der Waals surface area contributed by atoms with Crippen LogP contribution < -0.4 is 20.1 Å². The van der Waals surface area contributed by atoms with Gasteiger partial charge in [-0.2, -0.15) is 8.78 Å². The van der Waals surface area contributed by atoms with Gasteiger partial charge in [0, 0.05) is 34.4 Å². The molecule has 1 aliphatic rings. The number of benzene rings is 1. The first-order chi connectivity index (χ1) is 14.0. The number of guanidine groups is 1. The molecule has 0 aromatic heterocycles. The number of aliphatic imine (C=N–C) groups is 1. The normalized spacial score (nSPS) is 21.0. The molecule has 0 radical (unpaired) electrons. The number of hydrogen-bond donors (Lipinski definition) is 2. The second-order valence-corrected chi connectivity index (χ2v) is 8.86. The highest BCUT2D eigenvalue weighted by Crippen LogP contribution is 2.29. The molecule has 29 heavy (non-hydrogen) atoms. The molecule has 1 saturated carbocycles. The van der Waals surface area contributed by atoms with Gasteiger partial charge in [-0.15, -0.1) is 0 Å². The average molecular weight is 432 g/mol.